The number of carbonyl (C=O) groups excluding carboxylic acids is 1. The Kier molecular flexibility index (Phi) is 3.89. The van der Waals surface area contributed by atoms with Gasteiger partial charge in [-0.25, -0.2) is 4.39 Å². The molecule has 0 N–H and O–H groups in total. The van der Waals surface area contributed by atoms with Crippen molar-refractivity contribution in [2.24, 2.45) is 0 Å². The zero-order chi connectivity index (χ0) is 13.8. The van der Waals surface area contributed by atoms with E-state index in [0.717, 1.165) is 0 Å². The van der Waals surface area contributed by atoms with E-state index in [0.29, 0.717) is 18.0 Å². The summed E-state index contributed by atoms with van der Waals surface area (Å²) in [6.45, 7) is 3.64. The second kappa shape index (κ2) is 5.60. The van der Waals surface area contributed by atoms with E-state index in [1.807, 2.05) is 0 Å². The first-order chi connectivity index (χ1) is 9.11. The van der Waals surface area contributed by atoms with Crippen LogP contribution in [0.5, 0.6) is 0 Å². The normalized spacial score (nSPS) is 12.2. The van der Waals surface area contributed by atoms with Gasteiger partial charge in [-0.3, -0.25) is 4.79 Å². The number of nitrogens with zero attached hydrogens (tertiary/aromatic N) is 2. The predicted molar refractivity (Wildman–Crippen MR) is 64.7 cm³/mol. The molecule has 0 bridgehead atoms. The molecule has 0 aliphatic rings. The summed E-state index contributed by atoms with van der Waals surface area (Å²) in [7, 11) is 0. The molecule has 2 aromatic rings. The molecule has 19 heavy (non-hydrogen) atoms. The molecule has 0 saturated heterocycles. The van der Waals surface area contributed by atoms with Gasteiger partial charge in [0.2, 0.25) is 11.7 Å². The Labute approximate surface area is 109 Å². The highest BCUT2D eigenvalue weighted by Crippen LogP contribution is 2.20. The second-order valence-electron chi connectivity index (χ2n) is 3.94. The second-order valence-corrected chi connectivity index (χ2v) is 3.94. The van der Waals surface area contributed by atoms with Crippen LogP contribution in [0.4, 0.5) is 4.39 Å². The summed E-state index contributed by atoms with van der Waals surface area (Å²) in [6, 6.07) is 5.69. The fraction of sp³-hybridized carbons (Fsp3) is 0.308. The van der Waals surface area contributed by atoms with Crippen LogP contribution in [0.1, 0.15) is 25.7 Å². The summed E-state index contributed by atoms with van der Waals surface area (Å²) >= 11 is 0. The molecule has 1 heterocycles. The summed E-state index contributed by atoms with van der Waals surface area (Å²) in [5.74, 6) is -0.894. The smallest absolute Gasteiger partial charge is 0.318 e. The van der Waals surface area contributed by atoms with E-state index in [1.54, 1.807) is 26.0 Å². The molecular weight excluding hydrogens is 251 g/mol. The van der Waals surface area contributed by atoms with Gasteiger partial charge in [0, 0.05) is 5.56 Å². The maximum atomic E-state index is 12.8. The number of aromatic nitrogens is 2. The average molecular weight is 264 g/mol. The molecule has 1 aromatic heterocycles. The number of carbonyl (C=O) groups is 1. The van der Waals surface area contributed by atoms with Crippen molar-refractivity contribution in [3.05, 3.63) is 36.0 Å². The predicted octanol–water partition coefficient (Wildman–Crippen LogP) is 2.54. The molecule has 6 heteroatoms. The minimum absolute atomic E-state index is 0.178. The van der Waals surface area contributed by atoms with E-state index < -0.39 is 11.9 Å². The molecule has 0 radical (unpaired) electrons. The molecule has 0 aliphatic heterocycles. The SMILES string of the molecule is CCOC(=O)C(C)c1nc(-c2ccc(F)cc2)no1. The average Bonchev–Trinajstić information content (AvgIpc) is 2.88. The third kappa shape index (κ3) is 2.96. The highest BCUT2D eigenvalue weighted by molar-refractivity contribution is 5.76. The lowest BCUT2D eigenvalue weighted by molar-refractivity contribution is -0.145. The zero-order valence-electron chi connectivity index (χ0n) is 10.6. The standard InChI is InChI=1S/C13H13FN2O3/c1-3-18-13(17)8(2)12-15-11(16-19-12)9-4-6-10(14)7-5-9/h4-8H,3H2,1-2H3. The minimum atomic E-state index is -0.623. The topological polar surface area (TPSA) is 65.2 Å². The van der Waals surface area contributed by atoms with Crippen LogP contribution in [0, 0.1) is 5.82 Å². The first-order valence-electron chi connectivity index (χ1n) is 5.88. The van der Waals surface area contributed by atoms with E-state index in [1.165, 1.54) is 12.1 Å². The number of hydrogen-bond donors (Lipinski definition) is 0. The first-order valence-corrected chi connectivity index (χ1v) is 5.88. The molecule has 1 atom stereocenters. The molecule has 0 saturated carbocycles. The lowest BCUT2D eigenvalue weighted by atomic mass is 10.2. The van der Waals surface area contributed by atoms with Crippen molar-refractivity contribution in [2.75, 3.05) is 6.61 Å². The molecular formula is C13H13FN2O3. The van der Waals surface area contributed by atoms with Crippen molar-refractivity contribution in [3.63, 3.8) is 0 Å². The molecule has 0 aliphatic carbocycles. The lowest BCUT2D eigenvalue weighted by Crippen LogP contribution is -2.13. The maximum Gasteiger partial charge on any atom is 0.318 e. The van der Waals surface area contributed by atoms with Crippen LogP contribution < -0.4 is 0 Å². The summed E-state index contributed by atoms with van der Waals surface area (Å²) in [5, 5.41) is 3.76. The van der Waals surface area contributed by atoms with Crippen LogP contribution >= 0.6 is 0 Å². The van der Waals surface area contributed by atoms with Crippen molar-refractivity contribution in [2.45, 2.75) is 19.8 Å². The van der Waals surface area contributed by atoms with Crippen molar-refractivity contribution in [3.8, 4) is 11.4 Å². The fourth-order valence-corrected chi connectivity index (χ4v) is 1.50. The molecule has 5 nitrogen and oxygen atoms in total. The Bertz CT molecular complexity index is 566. The van der Waals surface area contributed by atoms with Crippen LogP contribution in [0.15, 0.2) is 28.8 Å². The number of rotatable bonds is 4. The van der Waals surface area contributed by atoms with Crippen LogP contribution in [-0.4, -0.2) is 22.7 Å². The van der Waals surface area contributed by atoms with Gasteiger partial charge in [-0.15, -0.1) is 0 Å². The van der Waals surface area contributed by atoms with Crippen molar-refractivity contribution >= 4 is 5.97 Å². The Morgan fingerprint density at radius 2 is 2.11 bits per heavy atom. The number of ether oxygens (including phenoxy) is 1. The van der Waals surface area contributed by atoms with Crippen molar-refractivity contribution in [1.82, 2.24) is 10.1 Å². The summed E-state index contributed by atoms with van der Waals surface area (Å²) in [4.78, 5) is 15.6. The van der Waals surface area contributed by atoms with E-state index in [4.69, 9.17) is 9.26 Å². The Balaban J connectivity index is 2.19. The molecule has 0 spiro atoms. The third-order valence-electron chi connectivity index (χ3n) is 2.55. The van der Waals surface area contributed by atoms with Crippen LogP contribution in [0.2, 0.25) is 0 Å². The highest BCUT2D eigenvalue weighted by Gasteiger charge is 2.23. The van der Waals surface area contributed by atoms with Gasteiger partial charge in [0.15, 0.2) is 0 Å². The fourth-order valence-electron chi connectivity index (χ4n) is 1.50. The van der Waals surface area contributed by atoms with E-state index in [-0.39, 0.29) is 11.7 Å². The number of esters is 1. The molecule has 0 fully saturated rings. The highest BCUT2D eigenvalue weighted by atomic mass is 19.1. The number of halogens is 1. The number of benzene rings is 1. The first kappa shape index (κ1) is 13.2. The van der Waals surface area contributed by atoms with E-state index >= 15 is 0 Å². The van der Waals surface area contributed by atoms with Crippen LogP contribution in [0.3, 0.4) is 0 Å². The van der Waals surface area contributed by atoms with Gasteiger partial charge in [-0.1, -0.05) is 5.16 Å². The molecule has 100 valence electrons. The lowest BCUT2D eigenvalue weighted by Gasteiger charge is -2.04. The summed E-state index contributed by atoms with van der Waals surface area (Å²) < 4.78 is 22.7. The Morgan fingerprint density at radius 3 is 2.74 bits per heavy atom. The van der Waals surface area contributed by atoms with Gasteiger partial charge in [0.1, 0.15) is 11.7 Å². The van der Waals surface area contributed by atoms with Gasteiger partial charge in [0.05, 0.1) is 6.61 Å². The Morgan fingerprint density at radius 1 is 1.42 bits per heavy atom. The quantitative estimate of drug-likeness (QED) is 0.794. The van der Waals surface area contributed by atoms with Gasteiger partial charge in [0.25, 0.3) is 0 Å². The summed E-state index contributed by atoms with van der Waals surface area (Å²) in [6.07, 6.45) is 0. The molecule has 1 unspecified atom stereocenters. The van der Waals surface area contributed by atoms with E-state index in [2.05, 4.69) is 10.1 Å². The largest absolute Gasteiger partial charge is 0.465 e. The third-order valence-corrected chi connectivity index (χ3v) is 2.55. The van der Waals surface area contributed by atoms with Crippen LogP contribution in [0.25, 0.3) is 11.4 Å². The monoisotopic (exact) mass is 264 g/mol. The number of hydrogen-bond acceptors (Lipinski definition) is 5. The molecule has 2 rings (SSSR count). The minimum Gasteiger partial charge on any atom is -0.465 e. The van der Waals surface area contributed by atoms with Crippen molar-refractivity contribution < 1.29 is 18.4 Å². The van der Waals surface area contributed by atoms with E-state index in [9.17, 15) is 9.18 Å². The Hall–Kier alpha value is -2.24. The molecule has 1 aromatic carbocycles. The van der Waals surface area contributed by atoms with Gasteiger partial charge >= 0.3 is 5.97 Å². The van der Waals surface area contributed by atoms with Gasteiger partial charge in [-0.05, 0) is 38.1 Å². The zero-order valence-corrected chi connectivity index (χ0v) is 10.6. The maximum absolute atomic E-state index is 12.8. The molecule has 0 amide bonds. The van der Waals surface area contributed by atoms with Gasteiger partial charge in [-0.2, -0.15) is 4.98 Å². The van der Waals surface area contributed by atoms with Gasteiger partial charge < -0.3 is 9.26 Å². The van der Waals surface area contributed by atoms with Crippen molar-refractivity contribution in [1.29, 1.82) is 0 Å². The summed E-state index contributed by atoms with van der Waals surface area (Å²) in [5.41, 5.74) is 0.618. The van der Waals surface area contributed by atoms with Crippen LogP contribution in [-0.2, 0) is 9.53 Å².